The predicted molar refractivity (Wildman–Crippen MR) is 96.2 cm³/mol. The normalized spacial score (nSPS) is 10.5. The van der Waals surface area contributed by atoms with Crippen LogP contribution in [0.2, 0.25) is 0 Å². The van der Waals surface area contributed by atoms with Crippen LogP contribution < -0.4 is 10.1 Å². The minimum absolute atomic E-state index is 0.00776. The molecule has 0 unspecified atom stereocenters. The Morgan fingerprint density at radius 3 is 2.62 bits per heavy atom. The molecule has 0 radical (unpaired) electrons. The van der Waals surface area contributed by atoms with Crippen LogP contribution in [0.4, 0.5) is 10.5 Å². The van der Waals surface area contributed by atoms with Gasteiger partial charge in [0.05, 0.1) is 6.10 Å². The zero-order valence-electron chi connectivity index (χ0n) is 14.5. The van der Waals surface area contributed by atoms with E-state index in [4.69, 9.17) is 4.74 Å². The minimum atomic E-state index is -0.151. The first-order chi connectivity index (χ1) is 11.6. The van der Waals surface area contributed by atoms with Gasteiger partial charge in [0.2, 0.25) is 5.88 Å². The van der Waals surface area contributed by atoms with E-state index in [0.717, 1.165) is 12.0 Å². The number of ether oxygens (including phenoxy) is 1. The molecule has 5 heteroatoms. The van der Waals surface area contributed by atoms with Gasteiger partial charge in [-0.05, 0) is 38.0 Å². The van der Waals surface area contributed by atoms with Crippen molar-refractivity contribution in [2.45, 2.75) is 39.8 Å². The van der Waals surface area contributed by atoms with Crippen LogP contribution in [0.15, 0.2) is 48.7 Å². The summed E-state index contributed by atoms with van der Waals surface area (Å²) in [5, 5.41) is 2.92. The number of aromatic nitrogens is 1. The van der Waals surface area contributed by atoms with Gasteiger partial charge in [0, 0.05) is 19.3 Å². The molecule has 0 saturated heterocycles. The fraction of sp³-hybridized carbons (Fsp3) is 0.368. The molecule has 2 rings (SSSR count). The van der Waals surface area contributed by atoms with Crippen molar-refractivity contribution in [2.24, 2.45) is 0 Å². The van der Waals surface area contributed by atoms with E-state index < -0.39 is 0 Å². The third-order valence-electron chi connectivity index (χ3n) is 3.36. The molecule has 1 heterocycles. The molecule has 128 valence electrons. The zero-order chi connectivity index (χ0) is 17.4. The van der Waals surface area contributed by atoms with Crippen molar-refractivity contribution in [3.05, 3.63) is 54.2 Å². The van der Waals surface area contributed by atoms with Gasteiger partial charge in [-0.2, -0.15) is 0 Å². The van der Waals surface area contributed by atoms with Crippen molar-refractivity contribution in [3.63, 3.8) is 0 Å². The SMILES string of the molecule is CCCN(Cc1ccccc1)C(=O)Nc1cccnc1OC(C)C. The smallest absolute Gasteiger partial charge is 0.322 e. The number of hydrogen-bond donors (Lipinski definition) is 1. The maximum atomic E-state index is 12.7. The molecule has 1 aromatic heterocycles. The molecule has 0 fully saturated rings. The number of pyridine rings is 1. The van der Waals surface area contributed by atoms with Crippen LogP contribution in [0.25, 0.3) is 0 Å². The third-order valence-corrected chi connectivity index (χ3v) is 3.36. The molecular weight excluding hydrogens is 302 g/mol. The van der Waals surface area contributed by atoms with E-state index in [9.17, 15) is 4.79 Å². The Balaban J connectivity index is 2.10. The number of rotatable bonds is 7. The Hall–Kier alpha value is -2.56. The lowest BCUT2D eigenvalue weighted by molar-refractivity contribution is 0.208. The largest absolute Gasteiger partial charge is 0.473 e. The van der Waals surface area contributed by atoms with Crippen LogP contribution in [0.5, 0.6) is 5.88 Å². The summed E-state index contributed by atoms with van der Waals surface area (Å²) in [7, 11) is 0. The average molecular weight is 327 g/mol. The highest BCUT2D eigenvalue weighted by atomic mass is 16.5. The van der Waals surface area contributed by atoms with Crippen LogP contribution in [0.1, 0.15) is 32.8 Å². The van der Waals surface area contributed by atoms with Gasteiger partial charge in [-0.3, -0.25) is 0 Å². The van der Waals surface area contributed by atoms with E-state index in [1.165, 1.54) is 0 Å². The summed E-state index contributed by atoms with van der Waals surface area (Å²) < 4.78 is 5.66. The summed E-state index contributed by atoms with van der Waals surface area (Å²) in [5.41, 5.74) is 1.69. The number of nitrogens with zero attached hydrogens (tertiary/aromatic N) is 2. The molecule has 1 aromatic carbocycles. The molecule has 2 aromatic rings. The van der Waals surface area contributed by atoms with Crippen molar-refractivity contribution in [3.8, 4) is 5.88 Å². The van der Waals surface area contributed by atoms with Gasteiger partial charge in [0.25, 0.3) is 0 Å². The molecule has 5 nitrogen and oxygen atoms in total. The molecule has 0 atom stereocenters. The topological polar surface area (TPSA) is 54.5 Å². The van der Waals surface area contributed by atoms with Crippen LogP contribution >= 0.6 is 0 Å². The average Bonchev–Trinajstić information content (AvgIpc) is 2.57. The van der Waals surface area contributed by atoms with E-state index in [1.807, 2.05) is 44.2 Å². The molecule has 0 bridgehead atoms. The number of nitrogens with one attached hydrogen (secondary N) is 1. The number of urea groups is 1. The molecule has 2 amide bonds. The van der Waals surface area contributed by atoms with Gasteiger partial charge in [-0.15, -0.1) is 0 Å². The Morgan fingerprint density at radius 1 is 1.21 bits per heavy atom. The standard InChI is InChI=1S/C19H25N3O2/c1-4-13-22(14-16-9-6-5-7-10-16)19(23)21-17-11-8-12-20-18(17)24-15(2)3/h5-12,15H,4,13-14H2,1-3H3,(H,21,23). The van der Waals surface area contributed by atoms with E-state index in [1.54, 1.807) is 23.2 Å². The van der Waals surface area contributed by atoms with E-state index in [2.05, 4.69) is 17.2 Å². The number of amides is 2. The molecule has 24 heavy (non-hydrogen) atoms. The van der Waals surface area contributed by atoms with Crippen molar-refractivity contribution in [1.82, 2.24) is 9.88 Å². The molecule has 0 aliphatic carbocycles. The Kier molecular flexibility index (Phi) is 6.61. The van der Waals surface area contributed by atoms with Gasteiger partial charge in [-0.25, -0.2) is 9.78 Å². The van der Waals surface area contributed by atoms with Crippen molar-refractivity contribution >= 4 is 11.7 Å². The first kappa shape index (κ1) is 17.8. The molecule has 1 N–H and O–H groups in total. The predicted octanol–water partition coefficient (Wildman–Crippen LogP) is 4.31. The molecule has 0 saturated carbocycles. The van der Waals surface area contributed by atoms with Crippen molar-refractivity contribution in [1.29, 1.82) is 0 Å². The maximum absolute atomic E-state index is 12.7. The van der Waals surface area contributed by atoms with Crippen LogP contribution in [0, 0.1) is 0 Å². The summed E-state index contributed by atoms with van der Waals surface area (Å²) in [5.74, 6) is 0.442. The second-order valence-corrected chi connectivity index (χ2v) is 5.86. The zero-order valence-corrected chi connectivity index (χ0v) is 14.5. The lowest BCUT2D eigenvalue weighted by Gasteiger charge is -2.23. The fourth-order valence-electron chi connectivity index (χ4n) is 2.32. The fourth-order valence-corrected chi connectivity index (χ4v) is 2.32. The number of hydrogen-bond acceptors (Lipinski definition) is 3. The molecular formula is C19H25N3O2. The molecule has 0 aliphatic heterocycles. The summed E-state index contributed by atoms with van der Waals surface area (Å²) in [4.78, 5) is 18.7. The lowest BCUT2D eigenvalue weighted by Crippen LogP contribution is -2.35. The second-order valence-electron chi connectivity index (χ2n) is 5.86. The summed E-state index contributed by atoms with van der Waals surface area (Å²) in [6, 6.07) is 13.4. The van der Waals surface area contributed by atoms with Crippen LogP contribution in [0.3, 0.4) is 0 Å². The van der Waals surface area contributed by atoms with E-state index in [0.29, 0.717) is 24.7 Å². The maximum Gasteiger partial charge on any atom is 0.322 e. The highest BCUT2D eigenvalue weighted by molar-refractivity contribution is 5.90. The summed E-state index contributed by atoms with van der Waals surface area (Å²) in [6.07, 6.45) is 2.54. The Morgan fingerprint density at radius 2 is 1.96 bits per heavy atom. The van der Waals surface area contributed by atoms with E-state index >= 15 is 0 Å². The highest BCUT2D eigenvalue weighted by Gasteiger charge is 2.16. The minimum Gasteiger partial charge on any atom is -0.473 e. The summed E-state index contributed by atoms with van der Waals surface area (Å²) in [6.45, 7) is 7.17. The monoisotopic (exact) mass is 327 g/mol. The van der Waals surface area contributed by atoms with Crippen LogP contribution in [-0.4, -0.2) is 28.6 Å². The van der Waals surface area contributed by atoms with Crippen LogP contribution in [-0.2, 0) is 6.54 Å². The van der Waals surface area contributed by atoms with Gasteiger partial charge in [0.1, 0.15) is 5.69 Å². The lowest BCUT2D eigenvalue weighted by atomic mass is 10.2. The van der Waals surface area contributed by atoms with E-state index in [-0.39, 0.29) is 12.1 Å². The summed E-state index contributed by atoms with van der Waals surface area (Å²) >= 11 is 0. The van der Waals surface area contributed by atoms with Gasteiger partial charge in [0.15, 0.2) is 0 Å². The second kappa shape index (κ2) is 8.91. The van der Waals surface area contributed by atoms with Gasteiger partial charge < -0.3 is 15.0 Å². The van der Waals surface area contributed by atoms with Gasteiger partial charge >= 0.3 is 6.03 Å². The number of benzene rings is 1. The third kappa shape index (κ3) is 5.26. The first-order valence-corrected chi connectivity index (χ1v) is 8.31. The number of anilines is 1. The van der Waals surface area contributed by atoms with Crippen molar-refractivity contribution in [2.75, 3.05) is 11.9 Å². The van der Waals surface area contributed by atoms with Crippen molar-refractivity contribution < 1.29 is 9.53 Å². The Labute approximate surface area is 143 Å². The first-order valence-electron chi connectivity index (χ1n) is 8.31. The highest BCUT2D eigenvalue weighted by Crippen LogP contribution is 2.22. The Bertz CT molecular complexity index is 644. The number of carbonyl (C=O) groups excluding carboxylic acids is 1. The quantitative estimate of drug-likeness (QED) is 0.824. The van der Waals surface area contributed by atoms with Gasteiger partial charge in [-0.1, -0.05) is 37.3 Å². The molecule has 0 spiro atoms. The molecule has 0 aliphatic rings. The number of carbonyl (C=O) groups is 1.